The van der Waals surface area contributed by atoms with Gasteiger partial charge < -0.3 is 14.4 Å². The van der Waals surface area contributed by atoms with Gasteiger partial charge in [0.05, 0.1) is 19.9 Å². The van der Waals surface area contributed by atoms with Gasteiger partial charge >= 0.3 is 0 Å². The van der Waals surface area contributed by atoms with E-state index in [0.29, 0.717) is 36.0 Å². The van der Waals surface area contributed by atoms with E-state index >= 15 is 0 Å². The minimum atomic E-state index is -0.0616. The van der Waals surface area contributed by atoms with Crippen LogP contribution in [0, 0.1) is 0 Å². The van der Waals surface area contributed by atoms with Crippen LogP contribution in [0.3, 0.4) is 0 Å². The molecule has 4 rings (SSSR count). The van der Waals surface area contributed by atoms with Crippen molar-refractivity contribution in [2.24, 2.45) is 7.05 Å². The highest BCUT2D eigenvalue weighted by Crippen LogP contribution is 2.33. The Balaban J connectivity index is 1.62. The number of benzene rings is 3. The zero-order valence-electron chi connectivity index (χ0n) is 19.8. The number of aromatic nitrogens is 2. The van der Waals surface area contributed by atoms with E-state index in [1.165, 1.54) is 5.56 Å². The molecule has 1 aromatic heterocycles. The molecule has 0 aliphatic heterocycles. The fourth-order valence-electron chi connectivity index (χ4n) is 3.94. The van der Waals surface area contributed by atoms with Crippen molar-refractivity contribution < 1.29 is 14.3 Å². The van der Waals surface area contributed by atoms with Gasteiger partial charge in [0.1, 0.15) is 17.2 Å². The molecule has 0 bridgehead atoms. The summed E-state index contributed by atoms with van der Waals surface area (Å²) in [7, 11) is 5.02. The van der Waals surface area contributed by atoms with Crippen LogP contribution in [0.4, 0.5) is 0 Å². The number of methoxy groups -OCH3 is 2. The first-order chi connectivity index (χ1) is 16.6. The molecule has 174 valence electrons. The molecule has 34 heavy (non-hydrogen) atoms. The maximum absolute atomic E-state index is 13.7. The molecular weight excluding hydrogens is 426 g/mol. The maximum atomic E-state index is 13.7. The molecule has 0 atom stereocenters. The van der Waals surface area contributed by atoms with E-state index in [-0.39, 0.29) is 5.91 Å². The Labute approximate surface area is 200 Å². The van der Waals surface area contributed by atoms with Gasteiger partial charge in [-0.1, -0.05) is 60.7 Å². The zero-order valence-corrected chi connectivity index (χ0v) is 19.8. The first-order valence-electron chi connectivity index (χ1n) is 11.2. The van der Waals surface area contributed by atoms with Gasteiger partial charge in [-0.15, -0.1) is 0 Å². The van der Waals surface area contributed by atoms with E-state index < -0.39 is 0 Å². The highest BCUT2D eigenvalue weighted by molar-refractivity contribution is 5.94. The molecular formula is C28H29N3O3. The molecule has 0 aliphatic carbocycles. The van der Waals surface area contributed by atoms with Crippen molar-refractivity contribution in [2.75, 3.05) is 20.8 Å². The maximum Gasteiger partial charge on any atom is 0.272 e. The van der Waals surface area contributed by atoms with Gasteiger partial charge in [-0.2, -0.15) is 5.10 Å². The Morgan fingerprint density at radius 3 is 2.21 bits per heavy atom. The summed E-state index contributed by atoms with van der Waals surface area (Å²) in [5.74, 6) is 1.28. The Morgan fingerprint density at radius 2 is 1.56 bits per heavy atom. The summed E-state index contributed by atoms with van der Waals surface area (Å²) in [6.07, 6.45) is 0.774. The van der Waals surface area contributed by atoms with E-state index in [2.05, 4.69) is 17.2 Å². The molecule has 6 nitrogen and oxygen atoms in total. The van der Waals surface area contributed by atoms with E-state index in [9.17, 15) is 4.79 Å². The molecule has 3 aromatic carbocycles. The van der Waals surface area contributed by atoms with Crippen LogP contribution < -0.4 is 9.47 Å². The van der Waals surface area contributed by atoms with Crippen molar-refractivity contribution in [2.45, 2.75) is 13.0 Å². The molecule has 0 saturated heterocycles. The smallest absolute Gasteiger partial charge is 0.272 e. The SMILES string of the molecule is COc1ccc(-c2cc(C(=O)N(CCc3ccccc3)Cc3ccccc3)n(C)n2)c(OC)c1. The van der Waals surface area contributed by atoms with Gasteiger partial charge in [-0.25, -0.2) is 0 Å². The normalized spacial score (nSPS) is 10.7. The summed E-state index contributed by atoms with van der Waals surface area (Å²) < 4.78 is 12.5. The van der Waals surface area contributed by atoms with Gasteiger partial charge in [0.15, 0.2) is 0 Å². The highest BCUT2D eigenvalue weighted by Gasteiger charge is 2.22. The lowest BCUT2D eigenvalue weighted by atomic mass is 10.1. The number of nitrogens with zero attached hydrogens (tertiary/aromatic N) is 3. The zero-order chi connectivity index (χ0) is 23.9. The van der Waals surface area contributed by atoms with Crippen LogP contribution >= 0.6 is 0 Å². The molecule has 0 fully saturated rings. The van der Waals surface area contributed by atoms with Crippen LogP contribution in [0.15, 0.2) is 84.9 Å². The third-order valence-corrected chi connectivity index (χ3v) is 5.80. The van der Waals surface area contributed by atoms with Crippen LogP contribution in [0.25, 0.3) is 11.3 Å². The van der Waals surface area contributed by atoms with Gasteiger partial charge in [-0.05, 0) is 35.7 Å². The summed E-state index contributed by atoms with van der Waals surface area (Å²) in [6.45, 7) is 1.13. The van der Waals surface area contributed by atoms with Crippen molar-refractivity contribution in [1.29, 1.82) is 0 Å². The van der Waals surface area contributed by atoms with Crippen molar-refractivity contribution in [3.8, 4) is 22.8 Å². The predicted molar refractivity (Wildman–Crippen MR) is 133 cm³/mol. The summed E-state index contributed by atoms with van der Waals surface area (Å²) in [5, 5.41) is 4.62. The van der Waals surface area contributed by atoms with Crippen molar-refractivity contribution >= 4 is 5.91 Å². The fraction of sp³-hybridized carbons (Fsp3) is 0.214. The van der Waals surface area contributed by atoms with E-state index in [1.807, 2.05) is 77.7 Å². The molecule has 6 heteroatoms. The summed E-state index contributed by atoms with van der Waals surface area (Å²) in [4.78, 5) is 15.6. The van der Waals surface area contributed by atoms with Crippen LogP contribution in [-0.4, -0.2) is 41.4 Å². The van der Waals surface area contributed by atoms with Crippen molar-refractivity contribution in [3.05, 3.63) is 102 Å². The lowest BCUT2D eigenvalue weighted by molar-refractivity contribution is 0.0734. The highest BCUT2D eigenvalue weighted by atomic mass is 16.5. The number of carbonyl (C=O) groups excluding carboxylic acids is 1. The largest absolute Gasteiger partial charge is 0.497 e. The number of carbonyl (C=O) groups is 1. The van der Waals surface area contributed by atoms with Crippen LogP contribution in [-0.2, 0) is 20.0 Å². The second-order valence-corrected chi connectivity index (χ2v) is 8.05. The first kappa shape index (κ1) is 23.1. The number of rotatable bonds is 9. The van der Waals surface area contributed by atoms with Crippen LogP contribution in [0.1, 0.15) is 21.6 Å². The number of amides is 1. The Kier molecular flexibility index (Phi) is 7.28. The quantitative estimate of drug-likeness (QED) is 0.357. The topological polar surface area (TPSA) is 56.6 Å². The summed E-state index contributed by atoms with van der Waals surface area (Å²) in [6, 6.07) is 27.7. The molecule has 0 spiro atoms. The van der Waals surface area contributed by atoms with Crippen molar-refractivity contribution in [1.82, 2.24) is 14.7 Å². The molecule has 4 aromatic rings. The molecule has 0 N–H and O–H groups in total. The van der Waals surface area contributed by atoms with E-state index in [1.54, 1.807) is 25.9 Å². The van der Waals surface area contributed by atoms with E-state index in [4.69, 9.17) is 9.47 Å². The summed E-state index contributed by atoms with van der Waals surface area (Å²) in [5.41, 5.74) is 4.28. The van der Waals surface area contributed by atoms with Gasteiger partial charge in [0.25, 0.3) is 5.91 Å². The lowest BCUT2D eigenvalue weighted by Crippen LogP contribution is -2.33. The third-order valence-electron chi connectivity index (χ3n) is 5.80. The average Bonchev–Trinajstić information content (AvgIpc) is 3.28. The second-order valence-electron chi connectivity index (χ2n) is 8.05. The van der Waals surface area contributed by atoms with Crippen LogP contribution in [0.2, 0.25) is 0 Å². The monoisotopic (exact) mass is 455 g/mol. The molecule has 1 heterocycles. The predicted octanol–water partition coefficient (Wildman–Crippen LogP) is 4.99. The molecule has 0 saturated carbocycles. The standard InChI is InChI=1S/C28H29N3O3/c1-30-26(19-25(29-30)24-15-14-23(33-2)18-27(24)34-3)28(32)31(20-22-12-8-5-9-13-22)17-16-21-10-6-4-7-11-21/h4-15,18-19H,16-17,20H2,1-3H3. The lowest BCUT2D eigenvalue weighted by Gasteiger charge is -2.23. The number of hydrogen-bond donors (Lipinski definition) is 0. The second kappa shape index (κ2) is 10.7. The van der Waals surface area contributed by atoms with Crippen LogP contribution in [0.5, 0.6) is 11.5 Å². The third kappa shape index (κ3) is 5.29. The Morgan fingerprint density at radius 1 is 0.882 bits per heavy atom. The summed E-state index contributed by atoms with van der Waals surface area (Å²) >= 11 is 0. The fourth-order valence-corrected chi connectivity index (χ4v) is 3.94. The number of aryl methyl sites for hydroxylation is 1. The Bertz CT molecular complexity index is 1240. The molecule has 1 amide bonds. The van der Waals surface area contributed by atoms with Gasteiger partial charge in [-0.3, -0.25) is 9.48 Å². The molecule has 0 aliphatic rings. The minimum Gasteiger partial charge on any atom is -0.497 e. The first-order valence-corrected chi connectivity index (χ1v) is 11.2. The molecule has 0 unspecified atom stereocenters. The Hall–Kier alpha value is -4.06. The van der Waals surface area contributed by atoms with E-state index in [0.717, 1.165) is 17.5 Å². The average molecular weight is 456 g/mol. The van der Waals surface area contributed by atoms with Gasteiger partial charge in [0.2, 0.25) is 0 Å². The number of hydrogen-bond acceptors (Lipinski definition) is 4. The molecule has 0 radical (unpaired) electrons. The van der Waals surface area contributed by atoms with Crippen molar-refractivity contribution in [3.63, 3.8) is 0 Å². The minimum absolute atomic E-state index is 0.0616. The number of ether oxygens (including phenoxy) is 2. The van der Waals surface area contributed by atoms with Gasteiger partial charge in [0, 0.05) is 31.8 Å².